The molecule has 0 saturated heterocycles. The van der Waals surface area contributed by atoms with Gasteiger partial charge in [0.25, 0.3) is 0 Å². The Morgan fingerprint density at radius 2 is 1.89 bits per heavy atom. The van der Waals surface area contributed by atoms with Crippen molar-refractivity contribution in [2.45, 2.75) is 18.9 Å². The van der Waals surface area contributed by atoms with Crippen molar-refractivity contribution in [1.82, 2.24) is 0 Å². The van der Waals surface area contributed by atoms with E-state index >= 15 is 0 Å². The molecule has 0 aromatic heterocycles. The number of aliphatic hydroxyl groups excluding tert-OH is 1. The fourth-order valence-corrected chi connectivity index (χ4v) is 1.91. The summed E-state index contributed by atoms with van der Waals surface area (Å²) in [4.78, 5) is 11.2. The van der Waals surface area contributed by atoms with E-state index in [1.165, 1.54) is 7.11 Å². The van der Waals surface area contributed by atoms with E-state index in [0.29, 0.717) is 6.42 Å². The smallest absolute Gasteiger partial charge is 0.306 e. The van der Waals surface area contributed by atoms with Gasteiger partial charge in [0.1, 0.15) is 5.75 Å². The topological polar surface area (TPSA) is 76.0 Å². The van der Waals surface area contributed by atoms with E-state index in [1.54, 1.807) is 19.2 Å². The van der Waals surface area contributed by atoms with Crippen molar-refractivity contribution >= 4 is 5.97 Å². The first-order valence-electron chi connectivity index (χ1n) is 6.09. The summed E-state index contributed by atoms with van der Waals surface area (Å²) in [5.74, 6) is -0.806. The highest BCUT2D eigenvalue weighted by Crippen LogP contribution is 2.18. The Morgan fingerprint density at radius 1 is 1.26 bits per heavy atom. The molecule has 0 fully saturated rings. The molecule has 0 spiro atoms. The lowest BCUT2D eigenvalue weighted by molar-refractivity contribution is -0.143. The van der Waals surface area contributed by atoms with E-state index in [1.807, 2.05) is 12.1 Å². The molecule has 5 heteroatoms. The zero-order valence-corrected chi connectivity index (χ0v) is 11.2. The van der Waals surface area contributed by atoms with Crippen molar-refractivity contribution in [1.29, 1.82) is 0 Å². The first-order chi connectivity index (χ1) is 9.06. The summed E-state index contributed by atoms with van der Waals surface area (Å²) in [5.41, 5.74) is 0.901. The minimum atomic E-state index is -0.911. The minimum absolute atomic E-state index is 0.145. The predicted molar refractivity (Wildman–Crippen MR) is 70.3 cm³/mol. The molecular weight excluding hydrogens is 248 g/mol. The normalized spacial score (nSPS) is 13.8. The molecule has 0 aliphatic carbocycles. The molecule has 0 aliphatic rings. The molecule has 1 aromatic carbocycles. The lowest BCUT2D eigenvalue weighted by Crippen LogP contribution is -2.25. The zero-order chi connectivity index (χ0) is 14.3. The van der Waals surface area contributed by atoms with Crippen molar-refractivity contribution < 1.29 is 24.5 Å². The Hall–Kier alpha value is -1.59. The molecule has 0 heterocycles. The third-order valence-electron chi connectivity index (χ3n) is 2.91. The average molecular weight is 268 g/mol. The number of benzene rings is 1. The van der Waals surface area contributed by atoms with E-state index in [4.69, 9.17) is 9.47 Å². The summed E-state index contributed by atoms with van der Waals surface area (Å²) in [7, 11) is 3.05. The summed E-state index contributed by atoms with van der Waals surface area (Å²) in [5, 5.41) is 18.8. The van der Waals surface area contributed by atoms with Gasteiger partial charge in [0.2, 0.25) is 0 Å². The number of hydrogen-bond donors (Lipinski definition) is 2. The molecule has 0 bridgehead atoms. The fraction of sp³-hybridized carbons (Fsp3) is 0.500. The van der Waals surface area contributed by atoms with Crippen LogP contribution in [0.3, 0.4) is 0 Å². The number of rotatable bonds is 8. The molecule has 0 radical (unpaired) electrons. The maximum Gasteiger partial charge on any atom is 0.306 e. The van der Waals surface area contributed by atoms with Gasteiger partial charge in [-0.05, 0) is 30.5 Å². The largest absolute Gasteiger partial charge is 0.497 e. The van der Waals surface area contributed by atoms with Gasteiger partial charge in [-0.2, -0.15) is 0 Å². The van der Waals surface area contributed by atoms with Gasteiger partial charge in [-0.1, -0.05) is 12.1 Å². The quantitative estimate of drug-likeness (QED) is 0.744. The van der Waals surface area contributed by atoms with Crippen LogP contribution in [0, 0.1) is 5.92 Å². The first kappa shape index (κ1) is 15.5. The monoisotopic (exact) mass is 268 g/mol. The number of ether oxygens (including phenoxy) is 2. The third-order valence-corrected chi connectivity index (χ3v) is 2.91. The molecule has 106 valence electrons. The maximum absolute atomic E-state index is 11.2. The van der Waals surface area contributed by atoms with Crippen molar-refractivity contribution in [2.24, 2.45) is 5.92 Å². The standard InChI is InChI=1S/C14H20O5/c1-18-9-12(15)8-11(14(16)17)7-10-3-5-13(19-2)6-4-10/h3-6,11-12,15H,7-9H2,1-2H3,(H,16,17). The van der Waals surface area contributed by atoms with E-state index in [0.717, 1.165) is 11.3 Å². The van der Waals surface area contributed by atoms with Crippen molar-refractivity contribution in [3.8, 4) is 5.75 Å². The highest BCUT2D eigenvalue weighted by molar-refractivity contribution is 5.70. The van der Waals surface area contributed by atoms with Crippen molar-refractivity contribution in [3.63, 3.8) is 0 Å². The minimum Gasteiger partial charge on any atom is -0.497 e. The van der Waals surface area contributed by atoms with Crippen LogP contribution < -0.4 is 4.74 Å². The zero-order valence-electron chi connectivity index (χ0n) is 11.2. The molecule has 2 N–H and O–H groups in total. The van der Waals surface area contributed by atoms with Gasteiger partial charge in [-0.15, -0.1) is 0 Å². The summed E-state index contributed by atoms with van der Waals surface area (Å²) in [6.07, 6.45) is -0.209. The van der Waals surface area contributed by atoms with Gasteiger partial charge in [0.05, 0.1) is 25.7 Å². The van der Waals surface area contributed by atoms with Gasteiger partial charge < -0.3 is 19.7 Å². The van der Waals surface area contributed by atoms with Gasteiger partial charge >= 0.3 is 5.97 Å². The lowest BCUT2D eigenvalue weighted by Gasteiger charge is -2.16. The first-order valence-corrected chi connectivity index (χ1v) is 6.09. The molecule has 5 nitrogen and oxygen atoms in total. The van der Waals surface area contributed by atoms with Crippen LogP contribution in [0.5, 0.6) is 5.75 Å². The lowest BCUT2D eigenvalue weighted by atomic mass is 9.94. The Morgan fingerprint density at radius 3 is 2.37 bits per heavy atom. The summed E-state index contributed by atoms with van der Waals surface area (Å²) in [6.45, 7) is 0.145. The second-order valence-corrected chi connectivity index (χ2v) is 4.43. The SMILES string of the molecule is COCC(O)CC(Cc1ccc(OC)cc1)C(=O)O. The van der Waals surface area contributed by atoms with Crippen molar-refractivity contribution in [2.75, 3.05) is 20.8 Å². The number of carbonyl (C=O) groups is 1. The predicted octanol–water partition coefficient (Wildman–Crippen LogP) is 1.34. The molecule has 1 rings (SSSR count). The number of aliphatic carboxylic acids is 1. The Bertz CT molecular complexity index is 387. The second-order valence-electron chi connectivity index (χ2n) is 4.43. The maximum atomic E-state index is 11.2. The molecule has 19 heavy (non-hydrogen) atoms. The molecule has 2 atom stereocenters. The Kier molecular flexibility index (Phi) is 6.32. The molecule has 0 amide bonds. The molecule has 2 unspecified atom stereocenters. The average Bonchev–Trinajstić information content (AvgIpc) is 2.39. The van der Waals surface area contributed by atoms with Crippen LogP contribution in [0.25, 0.3) is 0 Å². The van der Waals surface area contributed by atoms with Gasteiger partial charge in [0, 0.05) is 7.11 Å². The van der Waals surface area contributed by atoms with Crippen LogP contribution in [0.15, 0.2) is 24.3 Å². The third kappa shape index (κ3) is 5.28. The highest BCUT2D eigenvalue weighted by Gasteiger charge is 2.21. The fourth-order valence-electron chi connectivity index (χ4n) is 1.91. The second kappa shape index (κ2) is 7.76. The van der Waals surface area contributed by atoms with E-state index in [2.05, 4.69) is 0 Å². The molecular formula is C14H20O5. The Balaban J connectivity index is 2.64. The molecule has 0 saturated carbocycles. The van der Waals surface area contributed by atoms with Crippen molar-refractivity contribution in [3.05, 3.63) is 29.8 Å². The highest BCUT2D eigenvalue weighted by atomic mass is 16.5. The van der Waals surface area contributed by atoms with Gasteiger partial charge in [-0.3, -0.25) is 4.79 Å². The summed E-state index contributed by atoms with van der Waals surface area (Å²) >= 11 is 0. The van der Waals surface area contributed by atoms with Gasteiger partial charge in [0.15, 0.2) is 0 Å². The number of hydrogen-bond acceptors (Lipinski definition) is 4. The Labute approximate surface area is 112 Å². The number of methoxy groups -OCH3 is 2. The number of carboxylic acids is 1. The number of carboxylic acid groups (broad SMARTS) is 1. The van der Waals surface area contributed by atoms with Gasteiger partial charge in [-0.25, -0.2) is 0 Å². The molecule has 1 aromatic rings. The van der Waals surface area contributed by atoms with Crippen LogP contribution in [-0.2, 0) is 16.0 Å². The van der Waals surface area contributed by atoms with Crippen LogP contribution in [0.1, 0.15) is 12.0 Å². The van der Waals surface area contributed by atoms with E-state index < -0.39 is 18.0 Å². The summed E-state index contributed by atoms with van der Waals surface area (Å²) in [6, 6.07) is 7.24. The van der Waals surface area contributed by atoms with Crippen LogP contribution >= 0.6 is 0 Å². The van der Waals surface area contributed by atoms with E-state index in [9.17, 15) is 15.0 Å². The van der Waals surface area contributed by atoms with E-state index in [-0.39, 0.29) is 13.0 Å². The van der Waals surface area contributed by atoms with Crippen LogP contribution in [0.2, 0.25) is 0 Å². The van der Waals surface area contributed by atoms with Crippen LogP contribution in [-0.4, -0.2) is 43.1 Å². The summed E-state index contributed by atoms with van der Waals surface area (Å²) < 4.78 is 9.85. The molecule has 0 aliphatic heterocycles. The van der Waals surface area contributed by atoms with Crippen LogP contribution in [0.4, 0.5) is 0 Å². The number of aliphatic hydroxyl groups is 1.